The molecule has 1 heterocycles. The molecular weight excluding hydrogens is 320 g/mol. The third-order valence-electron chi connectivity index (χ3n) is 3.83. The zero-order chi connectivity index (χ0) is 17.0. The van der Waals surface area contributed by atoms with Gasteiger partial charge in [-0.2, -0.15) is 0 Å². The number of nitrogens with one attached hydrogen (secondary N) is 1. The molecule has 2 rings (SSSR count). The first-order valence-corrected chi connectivity index (χ1v) is 9.02. The highest BCUT2D eigenvalue weighted by atomic mass is 32.2. The van der Waals surface area contributed by atoms with E-state index < -0.39 is 22.0 Å². The van der Waals surface area contributed by atoms with Crippen LogP contribution in [0.2, 0.25) is 0 Å². The summed E-state index contributed by atoms with van der Waals surface area (Å²) in [5.41, 5.74) is 0.488. The van der Waals surface area contributed by atoms with Crippen LogP contribution in [0.5, 0.6) is 0 Å². The summed E-state index contributed by atoms with van der Waals surface area (Å²) in [6, 6.07) is 5.43. The number of hydrogen-bond acceptors (Lipinski definition) is 5. The minimum absolute atomic E-state index is 0.0227. The molecule has 1 fully saturated rings. The summed E-state index contributed by atoms with van der Waals surface area (Å²) in [5.74, 6) is -0.284. The number of carbonyl (C=O) groups excluding carboxylic acids is 2. The molecule has 1 N–H and O–H groups in total. The van der Waals surface area contributed by atoms with E-state index in [0.29, 0.717) is 18.7 Å². The van der Waals surface area contributed by atoms with Crippen LogP contribution in [0.25, 0.3) is 0 Å². The van der Waals surface area contributed by atoms with Crippen LogP contribution in [0.1, 0.15) is 19.8 Å². The van der Waals surface area contributed by atoms with Crippen LogP contribution in [0, 0.1) is 0 Å². The Morgan fingerprint density at radius 3 is 2.52 bits per heavy atom. The first-order chi connectivity index (χ1) is 10.9. The summed E-state index contributed by atoms with van der Waals surface area (Å²) in [6.07, 6.45) is 0.788. The van der Waals surface area contributed by atoms with E-state index >= 15 is 0 Å². The van der Waals surface area contributed by atoms with Crippen molar-refractivity contribution >= 4 is 27.5 Å². The number of hydrogen-bond donors (Lipinski definition) is 1. The van der Waals surface area contributed by atoms with Crippen molar-refractivity contribution in [3.8, 4) is 0 Å². The lowest BCUT2D eigenvalue weighted by Gasteiger charge is -2.22. The lowest BCUT2D eigenvalue weighted by molar-refractivity contribution is -0.119. The summed E-state index contributed by atoms with van der Waals surface area (Å²) in [5, 5.41) is 2.71. The predicted molar refractivity (Wildman–Crippen MR) is 84.9 cm³/mol. The highest BCUT2D eigenvalue weighted by Gasteiger charge is 2.34. The molecule has 0 radical (unpaired) electrons. The third-order valence-corrected chi connectivity index (χ3v) is 5.58. The fraction of sp³-hybridized carbons (Fsp3) is 0.467. The van der Waals surface area contributed by atoms with Crippen molar-refractivity contribution in [2.75, 3.05) is 24.7 Å². The second-order valence-electron chi connectivity index (χ2n) is 5.24. The second kappa shape index (κ2) is 6.99. The van der Waals surface area contributed by atoms with E-state index in [-0.39, 0.29) is 16.6 Å². The fourth-order valence-electron chi connectivity index (χ4n) is 2.51. The van der Waals surface area contributed by atoms with Crippen molar-refractivity contribution in [2.45, 2.75) is 30.7 Å². The van der Waals surface area contributed by atoms with E-state index in [1.807, 2.05) is 0 Å². The van der Waals surface area contributed by atoms with Gasteiger partial charge in [0.25, 0.3) is 0 Å². The average Bonchev–Trinajstić information content (AvgIpc) is 3.04. The maximum atomic E-state index is 12.3. The van der Waals surface area contributed by atoms with Gasteiger partial charge in [-0.15, -0.1) is 0 Å². The molecule has 7 nitrogen and oxygen atoms in total. The molecule has 1 unspecified atom stereocenters. The Labute approximate surface area is 135 Å². The monoisotopic (exact) mass is 340 g/mol. The molecule has 8 heteroatoms. The molecule has 0 bridgehead atoms. The summed E-state index contributed by atoms with van der Waals surface area (Å²) in [4.78, 5) is 25.5. The highest BCUT2D eigenvalue weighted by Crippen LogP contribution is 2.21. The summed E-state index contributed by atoms with van der Waals surface area (Å²) in [6.45, 7) is 2.06. The van der Waals surface area contributed by atoms with Gasteiger partial charge in [0.1, 0.15) is 6.04 Å². The maximum absolute atomic E-state index is 12.3. The third kappa shape index (κ3) is 3.82. The van der Waals surface area contributed by atoms with Gasteiger partial charge >= 0.3 is 6.09 Å². The number of rotatable bonds is 4. The smallest absolute Gasteiger partial charge is 0.410 e. The number of nitrogens with zero attached hydrogens (tertiary/aromatic N) is 1. The topological polar surface area (TPSA) is 92.8 Å². The second-order valence-corrected chi connectivity index (χ2v) is 7.52. The van der Waals surface area contributed by atoms with E-state index in [0.717, 1.165) is 6.42 Å². The molecule has 1 atom stereocenters. The molecule has 0 spiro atoms. The fourth-order valence-corrected chi connectivity index (χ4v) is 3.40. The lowest BCUT2D eigenvalue weighted by Crippen LogP contribution is -2.43. The largest absolute Gasteiger partial charge is 0.453 e. The van der Waals surface area contributed by atoms with E-state index in [9.17, 15) is 18.0 Å². The number of anilines is 1. The molecule has 126 valence electrons. The van der Waals surface area contributed by atoms with E-state index in [1.165, 1.54) is 36.3 Å². The van der Waals surface area contributed by atoms with Crippen LogP contribution >= 0.6 is 0 Å². The number of likely N-dealkylation sites (tertiary alicyclic amines) is 1. The van der Waals surface area contributed by atoms with Crippen molar-refractivity contribution in [2.24, 2.45) is 0 Å². The number of carbonyl (C=O) groups is 2. The zero-order valence-electron chi connectivity index (χ0n) is 13.1. The minimum Gasteiger partial charge on any atom is -0.453 e. The number of sulfone groups is 1. The van der Waals surface area contributed by atoms with Crippen LogP contribution in [-0.4, -0.2) is 50.8 Å². The van der Waals surface area contributed by atoms with Gasteiger partial charge in [-0.25, -0.2) is 13.2 Å². The number of amides is 2. The predicted octanol–water partition coefficient (Wildman–Crippen LogP) is 1.65. The standard InChI is InChI=1S/C15H20N2O5S/c1-3-23(20,21)12-8-6-11(7-9-12)16-14(18)13-5-4-10-17(13)15(19)22-2/h6-9,13H,3-5,10H2,1-2H3,(H,16,18). The zero-order valence-corrected chi connectivity index (χ0v) is 13.9. The summed E-state index contributed by atoms with van der Waals surface area (Å²) < 4.78 is 28.2. The van der Waals surface area contributed by atoms with Gasteiger partial charge in [0.05, 0.1) is 17.8 Å². The van der Waals surface area contributed by atoms with Crippen molar-refractivity contribution in [3.63, 3.8) is 0 Å². The number of benzene rings is 1. The molecule has 1 aromatic carbocycles. The molecule has 2 amide bonds. The first kappa shape index (κ1) is 17.3. The van der Waals surface area contributed by atoms with Crippen molar-refractivity contribution in [1.29, 1.82) is 0 Å². The Morgan fingerprint density at radius 2 is 1.96 bits per heavy atom. The Bertz CT molecular complexity index is 684. The van der Waals surface area contributed by atoms with Crippen molar-refractivity contribution in [3.05, 3.63) is 24.3 Å². The highest BCUT2D eigenvalue weighted by molar-refractivity contribution is 7.91. The quantitative estimate of drug-likeness (QED) is 0.899. The molecule has 0 aromatic heterocycles. The molecule has 0 aliphatic carbocycles. The van der Waals surface area contributed by atoms with Gasteiger partial charge in [0.15, 0.2) is 9.84 Å². The van der Waals surface area contributed by atoms with Crippen LogP contribution in [0.4, 0.5) is 10.5 Å². The van der Waals surface area contributed by atoms with E-state index in [4.69, 9.17) is 0 Å². The maximum Gasteiger partial charge on any atom is 0.410 e. The van der Waals surface area contributed by atoms with Crippen LogP contribution in [-0.2, 0) is 19.4 Å². The van der Waals surface area contributed by atoms with Gasteiger partial charge in [0.2, 0.25) is 5.91 Å². The summed E-state index contributed by atoms with van der Waals surface area (Å²) in [7, 11) is -1.98. The lowest BCUT2D eigenvalue weighted by atomic mass is 10.2. The average molecular weight is 340 g/mol. The Hall–Kier alpha value is -2.09. The minimum atomic E-state index is -3.26. The Balaban J connectivity index is 2.07. The van der Waals surface area contributed by atoms with Gasteiger partial charge in [-0.1, -0.05) is 6.92 Å². The van der Waals surface area contributed by atoms with Crippen molar-refractivity contribution < 1.29 is 22.7 Å². The molecule has 0 saturated carbocycles. The van der Waals surface area contributed by atoms with Gasteiger partial charge in [0, 0.05) is 12.2 Å². The SMILES string of the molecule is CCS(=O)(=O)c1ccc(NC(=O)C2CCCN2C(=O)OC)cc1. The van der Waals surface area contributed by atoms with Crippen LogP contribution < -0.4 is 5.32 Å². The number of methoxy groups -OCH3 is 1. The van der Waals surface area contributed by atoms with E-state index in [2.05, 4.69) is 10.1 Å². The Morgan fingerprint density at radius 1 is 1.30 bits per heavy atom. The van der Waals surface area contributed by atoms with Gasteiger partial charge in [-0.05, 0) is 37.1 Å². The first-order valence-electron chi connectivity index (χ1n) is 7.37. The van der Waals surface area contributed by atoms with E-state index in [1.54, 1.807) is 6.92 Å². The molecule has 1 aliphatic heterocycles. The molecule has 1 aliphatic rings. The van der Waals surface area contributed by atoms with Gasteiger partial charge < -0.3 is 10.1 Å². The Kier molecular flexibility index (Phi) is 5.25. The molecule has 1 aromatic rings. The molecule has 1 saturated heterocycles. The van der Waals surface area contributed by atoms with Crippen LogP contribution in [0.15, 0.2) is 29.2 Å². The van der Waals surface area contributed by atoms with Crippen molar-refractivity contribution in [1.82, 2.24) is 4.90 Å². The van der Waals surface area contributed by atoms with Gasteiger partial charge in [-0.3, -0.25) is 9.69 Å². The molecular formula is C15H20N2O5S. The normalized spacial score (nSPS) is 17.8. The number of ether oxygens (including phenoxy) is 1. The summed E-state index contributed by atoms with van der Waals surface area (Å²) >= 11 is 0. The van der Waals surface area contributed by atoms with Crippen LogP contribution in [0.3, 0.4) is 0 Å². The molecule has 23 heavy (non-hydrogen) atoms.